The Balaban J connectivity index is 1.69. The molecule has 0 unspecified atom stereocenters. The molecule has 0 amide bonds. The molecule has 4 rings (SSSR count). The largest absolute Gasteiger partial charge is 0.506 e. The summed E-state index contributed by atoms with van der Waals surface area (Å²) in [6.07, 6.45) is 1.35. The van der Waals surface area contributed by atoms with Crippen molar-refractivity contribution in [3.8, 4) is 17.2 Å². The average molecular weight is 473 g/mol. The minimum atomic E-state index is -0.542. The summed E-state index contributed by atoms with van der Waals surface area (Å²) in [6.45, 7) is 0. The minimum Gasteiger partial charge on any atom is -0.506 e. The van der Waals surface area contributed by atoms with Crippen molar-refractivity contribution in [3.05, 3.63) is 79.8 Å². The molecule has 7 nitrogen and oxygen atoms in total. The Morgan fingerprint density at radius 3 is 2.76 bits per heavy atom. The Hall–Kier alpha value is -3.23. The van der Waals surface area contributed by atoms with Crippen LogP contribution in [0.3, 0.4) is 0 Å². The first-order chi connectivity index (χ1) is 13.9. The van der Waals surface area contributed by atoms with Gasteiger partial charge in [0.2, 0.25) is 5.89 Å². The van der Waals surface area contributed by atoms with E-state index in [2.05, 4.69) is 25.9 Å². The highest BCUT2D eigenvalue weighted by Gasteiger charge is 2.14. The van der Waals surface area contributed by atoms with Crippen LogP contribution >= 0.6 is 27.5 Å². The van der Waals surface area contributed by atoms with Crippen LogP contribution in [-0.4, -0.2) is 21.2 Å². The molecule has 0 spiro atoms. The van der Waals surface area contributed by atoms with Crippen molar-refractivity contribution >= 4 is 56.2 Å². The number of halogens is 2. The van der Waals surface area contributed by atoms with Crippen LogP contribution in [0.1, 0.15) is 5.56 Å². The summed E-state index contributed by atoms with van der Waals surface area (Å²) in [5.41, 5.74) is 2.43. The van der Waals surface area contributed by atoms with Gasteiger partial charge in [0.15, 0.2) is 5.58 Å². The van der Waals surface area contributed by atoms with Crippen LogP contribution < -0.4 is 0 Å². The average Bonchev–Trinajstić information content (AvgIpc) is 3.12. The molecular weight excluding hydrogens is 462 g/mol. The molecular formula is C20H11BrClN3O4. The molecule has 9 heteroatoms. The number of aromatic nitrogens is 1. The third kappa shape index (κ3) is 3.85. The number of nitrogens with zero attached hydrogens (tertiary/aromatic N) is 3. The molecule has 0 saturated heterocycles. The smallest absolute Gasteiger partial charge is 0.271 e. The van der Waals surface area contributed by atoms with Gasteiger partial charge >= 0.3 is 0 Å². The van der Waals surface area contributed by atoms with Crippen molar-refractivity contribution in [1.29, 1.82) is 0 Å². The first-order valence-electron chi connectivity index (χ1n) is 8.29. The molecule has 0 fully saturated rings. The maximum absolute atomic E-state index is 11.0. The fourth-order valence-corrected chi connectivity index (χ4v) is 3.38. The molecule has 0 saturated carbocycles. The Morgan fingerprint density at radius 1 is 1.21 bits per heavy atom. The van der Waals surface area contributed by atoms with Crippen molar-refractivity contribution < 1.29 is 14.4 Å². The molecule has 1 aromatic heterocycles. The van der Waals surface area contributed by atoms with Crippen LogP contribution in [0.25, 0.3) is 22.6 Å². The molecule has 4 aromatic rings. The van der Waals surface area contributed by atoms with Gasteiger partial charge in [-0.15, -0.1) is 0 Å². The predicted molar refractivity (Wildman–Crippen MR) is 114 cm³/mol. The van der Waals surface area contributed by atoms with Gasteiger partial charge in [-0.3, -0.25) is 15.1 Å². The van der Waals surface area contributed by atoms with E-state index in [4.69, 9.17) is 16.0 Å². The molecule has 1 heterocycles. The number of benzene rings is 3. The fraction of sp³-hybridized carbons (Fsp3) is 0. The van der Waals surface area contributed by atoms with Crippen LogP contribution in [0.15, 0.2) is 68.5 Å². The second-order valence-corrected chi connectivity index (χ2v) is 7.29. The zero-order chi connectivity index (χ0) is 20.5. The van der Waals surface area contributed by atoms with E-state index in [0.717, 1.165) is 0 Å². The van der Waals surface area contributed by atoms with Crippen molar-refractivity contribution in [1.82, 2.24) is 4.98 Å². The second kappa shape index (κ2) is 7.65. The van der Waals surface area contributed by atoms with E-state index in [9.17, 15) is 15.2 Å². The van der Waals surface area contributed by atoms with E-state index in [0.29, 0.717) is 33.3 Å². The maximum Gasteiger partial charge on any atom is 0.271 e. The van der Waals surface area contributed by atoms with Gasteiger partial charge in [-0.25, -0.2) is 4.98 Å². The number of phenols is 1. The summed E-state index contributed by atoms with van der Waals surface area (Å²) in [5, 5.41) is 21.7. The molecule has 0 radical (unpaired) electrons. The number of oxazole rings is 1. The number of aromatic hydroxyl groups is 1. The molecule has 29 heavy (non-hydrogen) atoms. The third-order valence-electron chi connectivity index (χ3n) is 4.12. The standard InChI is InChI=1S/C20H11BrClN3O4/c21-15-9-13(25(27)28)7-11(19(15)26)10-23-12-5-6-18-17(8-12)24-20(29-18)14-3-1-2-4-16(14)22/h1-10,26H. The van der Waals surface area contributed by atoms with Gasteiger partial charge in [-0.05, 0) is 46.3 Å². The Kier molecular flexibility index (Phi) is 5.04. The molecule has 1 N–H and O–H groups in total. The predicted octanol–water partition coefficient (Wildman–Crippen LogP) is 6.28. The lowest BCUT2D eigenvalue weighted by atomic mass is 10.2. The zero-order valence-corrected chi connectivity index (χ0v) is 16.9. The number of aliphatic imine (C=N–C) groups is 1. The highest BCUT2D eigenvalue weighted by atomic mass is 79.9. The lowest BCUT2D eigenvalue weighted by molar-refractivity contribution is -0.385. The number of fused-ring (bicyclic) bond motifs is 1. The summed E-state index contributed by atoms with van der Waals surface area (Å²) < 4.78 is 5.97. The second-order valence-electron chi connectivity index (χ2n) is 6.03. The zero-order valence-electron chi connectivity index (χ0n) is 14.5. The number of nitro groups is 1. The number of hydrogen-bond acceptors (Lipinski definition) is 6. The van der Waals surface area contributed by atoms with Crippen LogP contribution in [-0.2, 0) is 0 Å². The van der Waals surface area contributed by atoms with E-state index >= 15 is 0 Å². The lowest BCUT2D eigenvalue weighted by Gasteiger charge is -2.02. The number of phenolic OH excluding ortho intramolecular Hbond substituents is 1. The van der Waals surface area contributed by atoms with Gasteiger partial charge in [0.05, 0.1) is 25.7 Å². The summed E-state index contributed by atoms with van der Waals surface area (Å²) in [4.78, 5) is 19.2. The van der Waals surface area contributed by atoms with Crippen LogP contribution in [0.4, 0.5) is 11.4 Å². The molecule has 3 aromatic carbocycles. The van der Waals surface area contributed by atoms with Crippen LogP contribution in [0, 0.1) is 10.1 Å². The highest BCUT2D eigenvalue weighted by molar-refractivity contribution is 9.10. The fourth-order valence-electron chi connectivity index (χ4n) is 2.70. The monoisotopic (exact) mass is 471 g/mol. The van der Waals surface area contributed by atoms with Gasteiger partial charge in [-0.1, -0.05) is 23.7 Å². The molecule has 0 aliphatic carbocycles. The van der Waals surface area contributed by atoms with Crippen LogP contribution in [0.5, 0.6) is 5.75 Å². The molecule has 0 bridgehead atoms. The maximum atomic E-state index is 11.0. The van der Waals surface area contributed by atoms with Gasteiger partial charge in [0.25, 0.3) is 5.69 Å². The molecule has 0 aliphatic heterocycles. The van der Waals surface area contributed by atoms with E-state index in [-0.39, 0.29) is 21.5 Å². The van der Waals surface area contributed by atoms with E-state index in [1.165, 1.54) is 18.3 Å². The molecule has 144 valence electrons. The quantitative estimate of drug-likeness (QED) is 0.214. The first kappa shape index (κ1) is 19.1. The first-order valence-corrected chi connectivity index (χ1v) is 9.46. The summed E-state index contributed by atoms with van der Waals surface area (Å²) >= 11 is 9.30. The van der Waals surface area contributed by atoms with Crippen molar-refractivity contribution in [2.75, 3.05) is 0 Å². The van der Waals surface area contributed by atoms with Gasteiger partial charge in [0.1, 0.15) is 11.3 Å². The third-order valence-corrected chi connectivity index (χ3v) is 5.05. The van der Waals surface area contributed by atoms with Crippen molar-refractivity contribution in [3.63, 3.8) is 0 Å². The number of non-ortho nitro benzene ring substituents is 1. The van der Waals surface area contributed by atoms with Crippen molar-refractivity contribution in [2.24, 2.45) is 4.99 Å². The lowest BCUT2D eigenvalue weighted by Crippen LogP contribution is -1.91. The van der Waals surface area contributed by atoms with E-state index < -0.39 is 4.92 Å². The molecule has 0 atom stereocenters. The van der Waals surface area contributed by atoms with E-state index in [1.54, 1.807) is 24.3 Å². The highest BCUT2D eigenvalue weighted by Crippen LogP contribution is 2.33. The molecule has 0 aliphatic rings. The summed E-state index contributed by atoms with van der Waals surface area (Å²) in [6, 6.07) is 14.8. The van der Waals surface area contributed by atoms with E-state index in [1.807, 2.05) is 18.2 Å². The Bertz CT molecular complexity index is 1290. The minimum absolute atomic E-state index is 0.136. The van der Waals surface area contributed by atoms with Gasteiger partial charge < -0.3 is 9.52 Å². The van der Waals surface area contributed by atoms with Crippen LogP contribution in [0.2, 0.25) is 5.02 Å². The Morgan fingerprint density at radius 2 is 2.00 bits per heavy atom. The van der Waals surface area contributed by atoms with Gasteiger partial charge in [-0.2, -0.15) is 0 Å². The topological polar surface area (TPSA) is 102 Å². The van der Waals surface area contributed by atoms with Gasteiger partial charge in [0, 0.05) is 23.9 Å². The summed E-state index contributed by atoms with van der Waals surface area (Å²) in [7, 11) is 0. The number of rotatable bonds is 4. The Labute approximate surface area is 177 Å². The number of nitro benzene ring substituents is 1. The summed E-state index contributed by atoms with van der Waals surface area (Å²) in [5.74, 6) is 0.259. The number of hydrogen-bond donors (Lipinski definition) is 1. The SMILES string of the molecule is O=[N+]([O-])c1cc(Br)c(O)c(C=Nc2ccc3oc(-c4ccccc4Cl)nc3c2)c1. The van der Waals surface area contributed by atoms with Crippen molar-refractivity contribution in [2.45, 2.75) is 0 Å². The normalized spacial score (nSPS) is 11.4.